The first-order valence-electron chi connectivity index (χ1n) is 16.2. The Morgan fingerprint density at radius 2 is 1.53 bits per heavy atom. The number of aryl methyl sites for hydroxylation is 4. The van der Waals surface area contributed by atoms with Crippen molar-refractivity contribution in [1.29, 1.82) is 0 Å². The van der Waals surface area contributed by atoms with Gasteiger partial charge in [0.25, 0.3) is 0 Å². The van der Waals surface area contributed by atoms with Gasteiger partial charge in [0.15, 0.2) is 0 Å². The number of ether oxygens (including phenoxy) is 1. The first-order valence-corrected chi connectivity index (χ1v) is 16.2. The third kappa shape index (κ3) is 6.05. The number of unbranched alkanes of at least 4 members (excludes halogenated alkanes) is 1. The van der Waals surface area contributed by atoms with Crippen LogP contribution in [0.2, 0.25) is 0 Å². The number of hydrogen-bond acceptors (Lipinski definition) is 3. The van der Waals surface area contributed by atoms with E-state index in [1.165, 1.54) is 27.9 Å². The van der Waals surface area contributed by atoms with Crippen molar-refractivity contribution < 1.29 is 25.8 Å². The van der Waals surface area contributed by atoms with E-state index in [2.05, 4.69) is 117 Å². The minimum Gasteiger partial charge on any atom is -0.509 e. The Balaban J connectivity index is 0.00000386. The molecule has 0 saturated carbocycles. The fourth-order valence-electron chi connectivity index (χ4n) is 6.57. The van der Waals surface area contributed by atoms with Crippen LogP contribution in [0.25, 0.3) is 44.4 Å². The first-order chi connectivity index (χ1) is 22.5. The van der Waals surface area contributed by atoms with Gasteiger partial charge in [0.2, 0.25) is 0 Å². The van der Waals surface area contributed by atoms with Crippen LogP contribution in [0, 0.1) is 32.9 Å². The fraction of sp³-hybridized carbons (Fsp3) is 0.220. The summed E-state index contributed by atoms with van der Waals surface area (Å²) in [5, 5.41) is 7.45. The van der Waals surface area contributed by atoms with Gasteiger partial charge in [-0.3, -0.25) is 4.68 Å². The molecule has 3 aromatic heterocycles. The van der Waals surface area contributed by atoms with Crippen LogP contribution in [0.1, 0.15) is 54.8 Å². The van der Waals surface area contributed by atoms with Crippen LogP contribution in [-0.2, 0) is 33.9 Å². The van der Waals surface area contributed by atoms with Gasteiger partial charge in [-0.25, -0.2) is 4.98 Å². The van der Waals surface area contributed by atoms with Crippen LogP contribution < -0.4 is 4.74 Å². The molecule has 0 amide bonds. The summed E-state index contributed by atoms with van der Waals surface area (Å²) in [7, 11) is 0. The minimum absolute atomic E-state index is 0. The monoisotopic (exact) mass is 797 g/mol. The summed E-state index contributed by atoms with van der Waals surface area (Å²) in [6, 6.07) is 36.3. The number of benzene rings is 4. The number of fused-ring (bicyclic) bond motifs is 3. The van der Waals surface area contributed by atoms with Gasteiger partial charge in [-0.2, -0.15) is 17.2 Å². The van der Waals surface area contributed by atoms with Gasteiger partial charge in [0.1, 0.15) is 5.82 Å². The van der Waals surface area contributed by atoms with E-state index >= 15 is 0 Å². The van der Waals surface area contributed by atoms with Crippen molar-refractivity contribution in [1.82, 2.24) is 19.3 Å². The molecule has 238 valence electrons. The number of aromatic nitrogens is 4. The topological polar surface area (TPSA) is 44.9 Å². The molecule has 7 rings (SSSR count). The molecule has 0 saturated heterocycles. The van der Waals surface area contributed by atoms with Crippen molar-refractivity contribution in [3.63, 3.8) is 0 Å². The molecule has 0 atom stereocenters. The number of hydrogen-bond donors (Lipinski definition) is 0. The zero-order valence-corrected chi connectivity index (χ0v) is 29.8. The number of para-hydroxylation sites is 1. The number of rotatable bonds is 9. The average Bonchev–Trinajstić information content (AvgIpc) is 3.59. The maximum absolute atomic E-state index is 6.48. The molecule has 6 heteroatoms. The maximum Gasteiger partial charge on any atom is 2.00 e. The SMILES string of the molecule is CCCCc1c(-c2c(C)cccc2C)c(CC)nn1-c1[c-]c(Oc2[c-]c3c(cc2)c2ccccc2n3-c2cc(C)ccn2)ccc1.[Pt+2]. The molecule has 5 nitrogen and oxygen atoms in total. The van der Waals surface area contributed by atoms with E-state index in [4.69, 9.17) is 14.8 Å². The summed E-state index contributed by atoms with van der Waals surface area (Å²) < 4.78 is 10.7. The summed E-state index contributed by atoms with van der Waals surface area (Å²) in [5.41, 5.74) is 11.5. The van der Waals surface area contributed by atoms with Crippen molar-refractivity contribution >= 4 is 21.8 Å². The predicted molar refractivity (Wildman–Crippen MR) is 188 cm³/mol. The van der Waals surface area contributed by atoms with Gasteiger partial charge in [-0.1, -0.05) is 62.2 Å². The Labute approximate surface area is 291 Å². The molecular weight excluding hydrogens is 760 g/mol. The molecule has 3 heterocycles. The molecule has 0 fully saturated rings. The van der Waals surface area contributed by atoms with Crippen LogP contribution in [0.4, 0.5) is 0 Å². The van der Waals surface area contributed by atoms with Gasteiger partial charge in [0, 0.05) is 34.5 Å². The van der Waals surface area contributed by atoms with Crippen LogP contribution >= 0.6 is 0 Å². The van der Waals surface area contributed by atoms with E-state index in [0.717, 1.165) is 70.3 Å². The second-order valence-electron chi connectivity index (χ2n) is 12.0. The molecule has 0 aliphatic rings. The number of pyridine rings is 1. The quantitative estimate of drug-likeness (QED) is 0.137. The van der Waals surface area contributed by atoms with Crippen molar-refractivity contribution in [2.24, 2.45) is 0 Å². The Hall–Kier alpha value is -4.47. The van der Waals surface area contributed by atoms with Gasteiger partial charge in [-0.15, -0.1) is 35.7 Å². The Morgan fingerprint density at radius 3 is 2.30 bits per heavy atom. The predicted octanol–water partition coefficient (Wildman–Crippen LogP) is 10.3. The third-order valence-corrected chi connectivity index (χ3v) is 8.77. The van der Waals surface area contributed by atoms with E-state index < -0.39 is 0 Å². The van der Waals surface area contributed by atoms with E-state index in [9.17, 15) is 0 Å². The standard InChI is InChI=1S/C41H38N4O.Pt/c1-6-8-18-37-41(40-28(4)13-11-14-29(40)5)35(7-2)43-45(37)30-15-12-16-31(25-30)46-32-20-21-34-33-17-9-10-19-36(33)44(38(34)26-32)39-24-27(3)22-23-42-39;/h9-17,19-24H,6-8,18H2,1-5H3;/q-2;+2. The molecule has 0 aliphatic carbocycles. The van der Waals surface area contributed by atoms with E-state index in [1.54, 1.807) is 0 Å². The van der Waals surface area contributed by atoms with Crippen molar-refractivity contribution in [3.8, 4) is 34.1 Å². The average molecular weight is 798 g/mol. The van der Waals surface area contributed by atoms with Gasteiger partial charge in [-0.05, 0) is 91.6 Å². The fourth-order valence-corrected chi connectivity index (χ4v) is 6.57. The molecule has 0 spiro atoms. The minimum atomic E-state index is 0. The summed E-state index contributed by atoms with van der Waals surface area (Å²) >= 11 is 0. The van der Waals surface area contributed by atoms with Crippen molar-refractivity contribution in [2.75, 3.05) is 0 Å². The molecule has 0 aliphatic heterocycles. The van der Waals surface area contributed by atoms with Gasteiger partial charge >= 0.3 is 21.1 Å². The van der Waals surface area contributed by atoms with Gasteiger partial charge in [0.05, 0.1) is 5.69 Å². The smallest absolute Gasteiger partial charge is 0.509 e. The maximum atomic E-state index is 6.48. The zero-order valence-electron chi connectivity index (χ0n) is 27.5. The summed E-state index contributed by atoms with van der Waals surface area (Å²) in [4.78, 5) is 4.71. The Kier molecular flexibility index (Phi) is 9.47. The van der Waals surface area contributed by atoms with Crippen LogP contribution in [0.5, 0.6) is 11.5 Å². The molecule has 0 bridgehead atoms. The second-order valence-corrected chi connectivity index (χ2v) is 12.0. The molecule has 4 aromatic carbocycles. The summed E-state index contributed by atoms with van der Waals surface area (Å²) in [6.45, 7) is 10.9. The molecular formula is C41H38N4OPt. The Bertz CT molecular complexity index is 2190. The summed E-state index contributed by atoms with van der Waals surface area (Å²) in [5.74, 6) is 2.10. The molecule has 47 heavy (non-hydrogen) atoms. The largest absolute Gasteiger partial charge is 2.00 e. The van der Waals surface area contributed by atoms with E-state index in [-0.39, 0.29) is 21.1 Å². The zero-order chi connectivity index (χ0) is 31.8. The summed E-state index contributed by atoms with van der Waals surface area (Å²) in [6.07, 6.45) is 5.84. The van der Waals surface area contributed by atoms with Crippen molar-refractivity contribution in [3.05, 3.63) is 131 Å². The second kappa shape index (κ2) is 13.7. The van der Waals surface area contributed by atoms with Crippen LogP contribution in [0.3, 0.4) is 0 Å². The first kappa shape index (κ1) is 32.5. The third-order valence-electron chi connectivity index (χ3n) is 8.77. The van der Waals surface area contributed by atoms with E-state index in [1.807, 2.05) is 30.5 Å². The normalized spacial score (nSPS) is 11.3. The van der Waals surface area contributed by atoms with E-state index in [0.29, 0.717) is 11.5 Å². The molecule has 0 N–H and O–H groups in total. The van der Waals surface area contributed by atoms with Crippen molar-refractivity contribution in [2.45, 2.75) is 60.3 Å². The number of nitrogens with zero attached hydrogens (tertiary/aromatic N) is 4. The molecule has 0 unspecified atom stereocenters. The molecule has 0 radical (unpaired) electrons. The Morgan fingerprint density at radius 1 is 0.766 bits per heavy atom. The van der Waals surface area contributed by atoms with Crippen LogP contribution in [-0.4, -0.2) is 19.3 Å². The molecule has 7 aromatic rings. The van der Waals surface area contributed by atoms with Gasteiger partial charge < -0.3 is 9.30 Å². The van der Waals surface area contributed by atoms with Crippen LogP contribution in [0.15, 0.2) is 91.1 Å².